The molecule has 116 valence electrons. The summed E-state index contributed by atoms with van der Waals surface area (Å²) in [4.78, 5) is 25.1. The molecule has 21 heavy (non-hydrogen) atoms. The van der Waals surface area contributed by atoms with Crippen molar-refractivity contribution in [3.05, 3.63) is 29.3 Å². The van der Waals surface area contributed by atoms with E-state index in [1.54, 1.807) is 29.2 Å². The molecule has 6 heteroatoms. The van der Waals surface area contributed by atoms with Crippen LogP contribution in [0.2, 0.25) is 5.02 Å². The van der Waals surface area contributed by atoms with Gasteiger partial charge in [0.15, 0.2) is 0 Å². The van der Waals surface area contributed by atoms with E-state index in [2.05, 4.69) is 10.6 Å². The van der Waals surface area contributed by atoms with Gasteiger partial charge in [0.1, 0.15) is 0 Å². The molecule has 0 aliphatic rings. The third-order valence-corrected chi connectivity index (χ3v) is 3.29. The topological polar surface area (TPSA) is 61.4 Å². The van der Waals surface area contributed by atoms with E-state index in [0.29, 0.717) is 37.5 Å². The highest BCUT2D eigenvalue weighted by molar-refractivity contribution is 6.30. The van der Waals surface area contributed by atoms with E-state index in [1.807, 2.05) is 13.8 Å². The zero-order chi connectivity index (χ0) is 15.7. The third-order valence-electron chi connectivity index (χ3n) is 3.04. The summed E-state index contributed by atoms with van der Waals surface area (Å²) in [5.74, 6) is -0.0746. The molecule has 0 saturated carbocycles. The van der Waals surface area contributed by atoms with E-state index < -0.39 is 0 Å². The first-order chi connectivity index (χ1) is 10.1. The Bertz CT molecular complexity index is 458. The lowest BCUT2D eigenvalue weighted by atomic mass is 10.2. The van der Waals surface area contributed by atoms with Crippen molar-refractivity contribution in [2.24, 2.45) is 0 Å². The van der Waals surface area contributed by atoms with Crippen molar-refractivity contribution >= 4 is 29.2 Å². The number of carbonyl (C=O) groups is 2. The smallest absolute Gasteiger partial charge is 0.317 e. The Balaban J connectivity index is 2.22. The van der Waals surface area contributed by atoms with Crippen LogP contribution in [-0.4, -0.2) is 36.5 Å². The molecule has 0 radical (unpaired) electrons. The second-order valence-corrected chi connectivity index (χ2v) is 5.00. The average molecular weight is 312 g/mol. The second kappa shape index (κ2) is 9.23. The zero-order valence-electron chi connectivity index (χ0n) is 12.5. The minimum Gasteiger partial charge on any atom is -0.338 e. The molecule has 5 nitrogen and oxygen atoms in total. The van der Waals surface area contributed by atoms with E-state index in [1.165, 1.54) is 0 Å². The molecule has 0 saturated heterocycles. The number of carbonyl (C=O) groups excluding carboxylic acids is 2. The molecule has 0 unspecified atom stereocenters. The molecule has 0 spiro atoms. The van der Waals surface area contributed by atoms with E-state index in [0.717, 1.165) is 5.69 Å². The van der Waals surface area contributed by atoms with Crippen molar-refractivity contribution in [3.8, 4) is 0 Å². The first kappa shape index (κ1) is 17.3. The first-order valence-electron chi connectivity index (χ1n) is 7.15. The Morgan fingerprint density at radius 3 is 2.33 bits per heavy atom. The number of anilines is 1. The maximum atomic E-state index is 11.7. The predicted molar refractivity (Wildman–Crippen MR) is 85.6 cm³/mol. The van der Waals surface area contributed by atoms with Gasteiger partial charge in [0.25, 0.3) is 0 Å². The Morgan fingerprint density at radius 1 is 1.14 bits per heavy atom. The highest BCUT2D eigenvalue weighted by Crippen LogP contribution is 2.13. The molecule has 1 rings (SSSR count). The van der Waals surface area contributed by atoms with Crippen molar-refractivity contribution in [1.82, 2.24) is 10.2 Å². The van der Waals surface area contributed by atoms with Gasteiger partial charge >= 0.3 is 6.03 Å². The SMILES string of the molecule is CCN(CC)C(=O)NCCCC(=O)Nc1ccc(Cl)cc1. The van der Waals surface area contributed by atoms with Crippen LogP contribution in [0.15, 0.2) is 24.3 Å². The Kier molecular flexibility index (Phi) is 7.61. The maximum Gasteiger partial charge on any atom is 0.317 e. The van der Waals surface area contributed by atoms with E-state index in [9.17, 15) is 9.59 Å². The number of halogens is 1. The summed E-state index contributed by atoms with van der Waals surface area (Å²) in [7, 11) is 0. The molecular formula is C15H22ClN3O2. The number of amides is 3. The molecule has 0 aliphatic heterocycles. The summed E-state index contributed by atoms with van der Waals surface area (Å²) >= 11 is 5.77. The second-order valence-electron chi connectivity index (χ2n) is 4.56. The van der Waals surface area contributed by atoms with Gasteiger partial charge < -0.3 is 15.5 Å². The van der Waals surface area contributed by atoms with Crippen LogP contribution in [0.1, 0.15) is 26.7 Å². The van der Waals surface area contributed by atoms with Gasteiger partial charge in [0.05, 0.1) is 0 Å². The number of nitrogens with one attached hydrogen (secondary N) is 2. The van der Waals surface area contributed by atoms with Gasteiger partial charge in [0.2, 0.25) is 5.91 Å². The minimum absolute atomic E-state index is 0.0746. The van der Waals surface area contributed by atoms with Crippen LogP contribution in [0.3, 0.4) is 0 Å². The zero-order valence-corrected chi connectivity index (χ0v) is 13.2. The summed E-state index contributed by atoms with van der Waals surface area (Å²) in [6, 6.07) is 6.87. The van der Waals surface area contributed by atoms with Crippen LogP contribution >= 0.6 is 11.6 Å². The van der Waals surface area contributed by atoms with Crippen LogP contribution in [-0.2, 0) is 4.79 Å². The fourth-order valence-electron chi connectivity index (χ4n) is 1.82. The molecule has 0 aromatic heterocycles. The van der Waals surface area contributed by atoms with Crippen LogP contribution in [0.5, 0.6) is 0 Å². The highest BCUT2D eigenvalue weighted by atomic mass is 35.5. The van der Waals surface area contributed by atoms with Gasteiger partial charge in [-0.05, 0) is 44.5 Å². The summed E-state index contributed by atoms with van der Waals surface area (Å²) in [5, 5.41) is 6.21. The summed E-state index contributed by atoms with van der Waals surface area (Å²) in [6.45, 7) is 5.72. The van der Waals surface area contributed by atoms with Crippen LogP contribution in [0.4, 0.5) is 10.5 Å². The van der Waals surface area contributed by atoms with Crippen LogP contribution in [0.25, 0.3) is 0 Å². The number of hydrogen-bond acceptors (Lipinski definition) is 2. The molecule has 1 aromatic carbocycles. The number of rotatable bonds is 7. The fraction of sp³-hybridized carbons (Fsp3) is 0.467. The van der Waals surface area contributed by atoms with Gasteiger partial charge in [0, 0.05) is 36.8 Å². The molecule has 0 bridgehead atoms. The lowest BCUT2D eigenvalue weighted by molar-refractivity contribution is -0.116. The summed E-state index contributed by atoms with van der Waals surface area (Å²) < 4.78 is 0. The molecule has 1 aromatic rings. The Hall–Kier alpha value is -1.75. The monoisotopic (exact) mass is 311 g/mol. The van der Waals surface area contributed by atoms with Gasteiger partial charge in [-0.2, -0.15) is 0 Å². The number of benzene rings is 1. The molecule has 0 atom stereocenters. The lowest BCUT2D eigenvalue weighted by Crippen LogP contribution is -2.40. The van der Waals surface area contributed by atoms with E-state index in [4.69, 9.17) is 11.6 Å². The molecule has 0 fully saturated rings. The molecular weight excluding hydrogens is 290 g/mol. The average Bonchev–Trinajstić information content (AvgIpc) is 2.47. The van der Waals surface area contributed by atoms with Crippen molar-refractivity contribution in [2.75, 3.05) is 25.0 Å². The lowest BCUT2D eigenvalue weighted by Gasteiger charge is -2.19. The Labute approximate surface area is 130 Å². The predicted octanol–water partition coefficient (Wildman–Crippen LogP) is 3.11. The minimum atomic E-state index is -0.0851. The van der Waals surface area contributed by atoms with E-state index in [-0.39, 0.29) is 11.9 Å². The van der Waals surface area contributed by atoms with Gasteiger partial charge in [-0.3, -0.25) is 4.79 Å². The normalized spacial score (nSPS) is 10.0. The largest absolute Gasteiger partial charge is 0.338 e. The molecule has 0 aliphatic carbocycles. The quantitative estimate of drug-likeness (QED) is 0.760. The number of hydrogen-bond donors (Lipinski definition) is 2. The third kappa shape index (κ3) is 6.49. The van der Waals surface area contributed by atoms with Crippen LogP contribution < -0.4 is 10.6 Å². The fourth-order valence-corrected chi connectivity index (χ4v) is 1.95. The van der Waals surface area contributed by atoms with Crippen LogP contribution in [0, 0.1) is 0 Å². The van der Waals surface area contributed by atoms with Gasteiger partial charge in [-0.15, -0.1) is 0 Å². The molecule has 0 heterocycles. The Morgan fingerprint density at radius 2 is 1.76 bits per heavy atom. The summed E-state index contributed by atoms with van der Waals surface area (Å²) in [6.07, 6.45) is 0.966. The standard InChI is InChI=1S/C15H22ClN3O2/c1-3-19(4-2)15(21)17-11-5-6-14(20)18-13-9-7-12(16)8-10-13/h7-10H,3-6,11H2,1-2H3,(H,17,21)(H,18,20). The maximum absolute atomic E-state index is 11.7. The summed E-state index contributed by atoms with van der Waals surface area (Å²) in [5.41, 5.74) is 0.719. The molecule has 2 N–H and O–H groups in total. The van der Waals surface area contributed by atoms with Gasteiger partial charge in [-0.1, -0.05) is 11.6 Å². The first-order valence-corrected chi connectivity index (χ1v) is 7.52. The van der Waals surface area contributed by atoms with Gasteiger partial charge in [-0.25, -0.2) is 4.79 Å². The molecule has 3 amide bonds. The highest BCUT2D eigenvalue weighted by Gasteiger charge is 2.08. The van der Waals surface area contributed by atoms with Crippen molar-refractivity contribution in [3.63, 3.8) is 0 Å². The van der Waals surface area contributed by atoms with Crippen molar-refractivity contribution < 1.29 is 9.59 Å². The van der Waals surface area contributed by atoms with Crippen molar-refractivity contribution in [2.45, 2.75) is 26.7 Å². The van der Waals surface area contributed by atoms with Crippen molar-refractivity contribution in [1.29, 1.82) is 0 Å². The number of nitrogens with zero attached hydrogens (tertiary/aromatic N) is 1. The van der Waals surface area contributed by atoms with E-state index >= 15 is 0 Å². The number of urea groups is 1.